The molecule has 2 N–H and O–H groups in total. The van der Waals surface area contributed by atoms with Crippen LogP contribution in [0.5, 0.6) is 0 Å². The van der Waals surface area contributed by atoms with Crippen LogP contribution in [0.1, 0.15) is 28.8 Å². The van der Waals surface area contributed by atoms with Crippen molar-refractivity contribution in [2.75, 3.05) is 23.7 Å². The van der Waals surface area contributed by atoms with E-state index in [2.05, 4.69) is 10.6 Å². The molecule has 3 amide bonds. The molecule has 1 aliphatic heterocycles. The van der Waals surface area contributed by atoms with Crippen molar-refractivity contribution in [1.29, 1.82) is 0 Å². The van der Waals surface area contributed by atoms with Crippen molar-refractivity contribution in [3.8, 4) is 0 Å². The Morgan fingerprint density at radius 1 is 0.938 bits per heavy atom. The van der Waals surface area contributed by atoms with E-state index in [9.17, 15) is 18.4 Å². The Morgan fingerprint density at radius 3 is 2.28 bits per heavy atom. The van der Waals surface area contributed by atoms with Crippen molar-refractivity contribution in [1.82, 2.24) is 4.90 Å². The van der Waals surface area contributed by atoms with Gasteiger partial charge in [-0.1, -0.05) is 11.6 Å². The summed E-state index contributed by atoms with van der Waals surface area (Å²) in [6.07, 6.45) is 2.85. The van der Waals surface area contributed by atoms with Gasteiger partial charge in [-0.25, -0.2) is 13.6 Å². The molecule has 0 aliphatic carbocycles. The van der Waals surface area contributed by atoms with Crippen LogP contribution in [0.25, 0.3) is 6.08 Å². The van der Waals surface area contributed by atoms with Crippen molar-refractivity contribution in [3.05, 3.63) is 87.6 Å². The van der Waals surface area contributed by atoms with Crippen LogP contribution in [0.15, 0.2) is 64.9 Å². The fourth-order valence-electron chi connectivity index (χ4n) is 3.42. The molecule has 0 atom stereocenters. The van der Waals surface area contributed by atoms with Crippen LogP contribution in [-0.2, 0) is 0 Å². The second-order valence-electron chi connectivity index (χ2n) is 7.43. The number of anilines is 2. The zero-order valence-corrected chi connectivity index (χ0v) is 17.9. The Kier molecular flexibility index (Phi) is 6.61. The minimum Gasteiger partial charge on any atom is -0.324 e. The van der Waals surface area contributed by atoms with Crippen LogP contribution < -0.4 is 10.6 Å². The van der Waals surface area contributed by atoms with Gasteiger partial charge in [0.2, 0.25) is 0 Å². The summed E-state index contributed by atoms with van der Waals surface area (Å²) < 4.78 is 27.2. The molecule has 2 heterocycles. The number of rotatable bonds is 4. The highest BCUT2D eigenvalue weighted by Gasteiger charge is 2.19. The van der Waals surface area contributed by atoms with Gasteiger partial charge in [-0.2, -0.15) is 11.3 Å². The van der Waals surface area contributed by atoms with Crippen LogP contribution in [0.4, 0.5) is 25.0 Å². The van der Waals surface area contributed by atoms with Gasteiger partial charge in [0.25, 0.3) is 5.91 Å². The molecule has 1 aliphatic rings. The van der Waals surface area contributed by atoms with Crippen molar-refractivity contribution in [2.45, 2.75) is 12.8 Å². The highest BCUT2D eigenvalue weighted by Crippen LogP contribution is 2.22. The third-order valence-corrected chi connectivity index (χ3v) is 5.87. The molecule has 5 nitrogen and oxygen atoms in total. The van der Waals surface area contributed by atoms with Gasteiger partial charge >= 0.3 is 6.03 Å². The van der Waals surface area contributed by atoms with Gasteiger partial charge in [-0.05, 0) is 66.8 Å². The maximum absolute atomic E-state index is 13.8. The van der Waals surface area contributed by atoms with Gasteiger partial charge in [0.05, 0.1) is 5.56 Å². The number of benzene rings is 2. The lowest BCUT2D eigenvalue weighted by molar-refractivity contribution is 0.102. The molecule has 1 fully saturated rings. The SMILES string of the molecule is O=C(Nc1ccc(NC(=O)N2CCC(=Cc3cc(F)ccc3F)CC2)cc1)c1ccsc1. The zero-order valence-electron chi connectivity index (χ0n) is 17.1. The number of carbonyl (C=O) groups is 2. The third kappa shape index (κ3) is 5.39. The summed E-state index contributed by atoms with van der Waals surface area (Å²) in [5.41, 5.74) is 3.06. The molecule has 0 radical (unpaired) electrons. The van der Waals surface area contributed by atoms with E-state index >= 15 is 0 Å². The summed E-state index contributed by atoms with van der Waals surface area (Å²) in [5, 5.41) is 9.27. The monoisotopic (exact) mass is 453 g/mol. The fraction of sp³-hybridized carbons (Fsp3) is 0.167. The highest BCUT2D eigenvalue weighted by molar-refractivity contribution is 7.08. The minimum atomic E-state index is -0.480. The number of nitrogens with zero attached hydrogens (tertiary/aromatic N) is 1. The highest BCUT2D eigenvalue weighted by atomic mass is 32.1. The summed E-state index contributed by atoms with van der Waals surface area (Å²) in [4.78, 5) is 26.3. The fourth-order valence-corrected chi connectivity index (χ4v) is 4.06. The van der Waals surface area contributed by atoms with E-state index < -0.39 is 11.6 Å². The normalized spacial score (nSPS) is 13.6. The standard InChI is InChI=1S/C24H21F2N3O2S/c25-19-1-6-22(26)18(14-19)13-16-7-10-29(11-8-16)24(31)28-21-4-2-20(3-5-21)27-23(30)17-9-12-32-15-17/h1-6,9,12-15H,7-8,10-11H2,(H,27,30)(H,28,31). The summed E-state index contributed by atoms with van der Waals surface area (Å²) in [5.74, 6) is -1.13. The Labute approximate surface area is 188 Å². The number of thiophene rings is 1. The summed E-state index contributed by atoms with van der Waals surface area (Å²) in [7, 11) is 0. The first-order chi connectivity index (χ1) is 15.5. The largest absolute Gasteiger partial charge is 0.324 e. The smallest absolute Gasteiger partial charge is 0.321 e. The first-order valence-electron chi connectivity index (χ1n) is 10.1. The average Bonchev–Trinajstić information content (AvgIpc) is 3.33. The number of nitrogens with one attached hydrogen (secondary N) is 2. The maximum Gasteiger partial charge on any atom is 0.321 e. The van der Waals surface area contributed by atoms with Crippen LogP contribution in [0.2, 0.25) is 0 Å². The molecule has 0 spiro atoms. The topological polar surface area (TPSA) is 61.4 Å². The van der Waals surface area contributed by atoms with Crippen molar-refractivity contribution < 1.29 is 18.4 Å². The molecule has 8 heteroatoms. The molecule has 3 aromatic rings. The Bertz CT molecular complexity index is 1130. The molecule has 1 saturated heterocycles. The van der Waals surface area contributed by atoms with E-state index in [1.807, 2.05) is 5.38 Å². The number of piperidine rings is 1. The molecule has 0 saturated carbocycles. The number of amides is 3. The van der Waals surface area contributed by atoms with Crippen LogP contribution in [0.3, 0.4) is 0 Å². The molecule has 32 heavy (non-hydrogen) atoms. The van der Waals surface area contributed by atoms with E-state index in [1.165, 1.54) is 17.4 Å². The second kappa shape index (κ2) is 9.74. The van der Waals surface area contributed by atoms with Crippen molar-refractivity contribution in [3.63, 3.8) is 0 Å². The van der Waals surface area contributed by atoms with Crippen LogP contribution in [0, 0.1) is 11.6 Å². The van der Waals surface area contributed by atoms with Gasteiger partial charge in [0, 0.05) is 35.4 Å². The summed E-state index contributed by atoms with van der Waals surface area (Å²) in [6, 6.07) is 11.8. The number of halogens is 2. The Morgan fingerprint density at radius 2 is 1.62 bits per heavy atom. The van der Waals surface area contributed by atoms with Crippen LogP contribution in [-0.4, -0.2) is 29.9 Å². The first kappa shape index (κ1) is 21.7. The Balaban J connectivity index is 1.30. The van der Waals surface area contributed by atoms with Gasteiger partial charge in [-0.15, -0.1) is 0 Å². The first-order valence-corrected chi connectivity index (χ1v) is 11.1. The molecular formula is C24H21F2N3O2S. The molecule has 2 aromatic carbocycles. The number of carbonyl (C=O) groups excluding carboxylic acids is 2. The molecule has 4 rings (SSSR count). The number of urea groups is 1. The quantitative estimate of drug-likeness (QED) is 0.510. The predicted octanol–water partition coefficient (Wildman–Crippen LogP) is 5.99. The molecule has 1 aromatic heterocycles. The van der Waals surface area contributed by atoms with Gasteiger partial charge in [0.15, 0.2) is 0 Å². The van der Waals surface area contributed by atoms with E-state index in [0.29, 0.717) is 42.9 Å². The summed E-state index contributed by atoms with van der Waals surface area (Å²) >= 11 is 1.45. The van der Waals surface area contributed by atoms with Crippen LogP contribution >= 0.6 is 11.3 Å². The second-order valence-corrected chi connectivity index (χ2v) is 8.21. The Hall–Kier alpha value is -3.52. The molecule has 164 valence electrons. The molecular weight excluding hydrogens is 432 g/mol. The zero-order chi connectivity index (χ0) is 22.5. The summed E-state index contributed by atoms with van der Waals surface area (Å²) in [6.45, 7) is 0.979. The molecule has 0 bridgehead atoms. The van der Waals surface area contributed by atoms with Crippen molar-refractivity contribution in [2.24, 2.45) is 0 Å². The van der Waals surface area contributed by atoms with E-state index in [1.54, 1.807) is 46.7 Å². The molecule has 0 unspecified atom stereocenters. The van der Waals surface area contributed by atoms with Gasteiger partial charge in [0.1, 0.15) is 11.6 Å². The van der Waals surface area contributed by atoms with E-state index in [0.717, 1.165) is 17.7 Å². The van der Waals surface area contributed by atoms with Gasteiger partial charge in [-0.3, -0.25) is 4.79 Å². The van der Waals surface area contributed by atoms with Gasteiger partial charge < -0.3 is 15.5 Å². The lowest BCUT2D eigenvalue weighted by Crippen LogP contribution is -2.39. The minimum absolute atomic E-state index is 0.182. The van der Waals surface area contributed by atoms with Crippen molar-refractivity contribution >= 4 is 40.7 Å². The predicted molar refractivity (Wildman–Crippen MR) is 123 cm³/mol. The average molecular weight is 454 g/mol. The third-order valence-electron chi connectivity index (χ3n) is 5.19. The van der Waals surface area contributed by atoms with E-state index in [-0.39, 0.29) is 17.5 Å². The van der Waals surface area contributed by atoms with E-state index in [4.69, 9.17) is 0 Å². The number of hydrogen-bond acceptors (Lipinski definition) is 3. The maximum atomic E-state index is 13.8. The lowest BCUT2D eigenvalue weighted by Gasteiger charge is -2.28. The lowest BCUT2D eigenvalue weighted by atomic mass is 10.0. The number of likely N-dealkylation sites (tertiary alicyclic amines) is 1. The number of hydrogen-bond donors (Lipinski definition) is 2.